The van der Waals surface area contributed by atoms with E-state index in [1.807, 2.05) is 24.3 Å². The van der Waals surface area contributed by atoms with Crippen LogP contribution in [0.25, 0.3) is 0 Å². The van der Waals surface area contributed by atoms with Crippen molar-refractivity contribution in [1.82, 2.24) is 5.32 Å². The zero-order chi connectivity index (χ0) is 26.5. The van der Waals surface area contributed by atoms with E-state index in [1.54, 1.807) is 24.3 Å². The van der Waals surface area contributed by atoms with E-state index in [-0.39, 0.29) is 23.6 Å². The van der Waals surface area contributed by atoms with Gasteiger partial charge < -0.3 is 10.1 Å². The van der Waals surface area contributed by atoms with Gasteiger partial charge in [-0.1, -0.05) is 45.0 Å². The molecule has 3 aromatic carbocycles. The van der Waals surface area contributed by atoms with Crippen molar-refractivity contribution in [2.75, 3.05) is 23.7 Å². The third-order valence-electron chi connectivity index (χ3n) is 5.51. The summed E-state index contributed by atoms with van der Waals surface area (Å²) in [5.74, 6) is -1.78. The molecule has 1 amide bonds. The van der Waals surface area contributed by atoms with Gasteiger partial charge in [0.05, 0.1) is 25.0 Å². The van der Waals surface area contributed by atoms with Crippen molar-refractivity contribution in [2.45, 2.75) is 32.7 Å². The predicted octanol–water partition coefficient (Wildman–Crippen LogP) is 5.04. The molecule has 192 valence electrons. The number of ether oxygens (including phenoxy) is 1. The molecule has 0 bridgehead atoms. The van der Waals surface area contributed by atoms with Crippen molar-refractivity contribution in [3.05, 3.63) is 95.1 Å². The molecule has 9 heteroatoms. The number of carbonyl (C=O) groups is 1. The van der Waals surface area contributed by atoms with Crippen molar-refractivity contribution in [3.63, 3.8) is 0 Å². The maximum Gasteiger partial charge on any atom is 0.251 e. The number of anilines is 1. The molecule has 0 aliphatic rings. The lowest BCUT2D eigenvalue weighted by molar-refractivity contribution is 0.0947. The highest BCUT2D eigenvalue weighted by molar-refractivity contribution is 7.92. The summed E-state index contributed by atoms with van der Waals surface area (Å²) in [4.78, 5) is 12.4. The highest BCUT2D eigenvalue weighted by Gasteiger charge is 2.20. The number of rotatable bonds is 9. The monoisotopic (exact) mass is 516 g/mol. The third kappa shape index (κ3) is 7.27. The van der Waals surface area contributed by atoms with Gasteiger partial charge in [0.25, 0.3) is 5.91 Å². The van der Waals surface area contributed by atoms with E-state index in [9.17, 15) is 22.0 Å². The van der Waals surface area contributed by atoms with E-state index in [2.05, 4.69) is 26.1 Å². The maximum atomic E-state index is 13.6. The highest BCUT2D eigenvalue weighted by Crippen LogP contribution is 2.25. The molecule has 0 saturated heterocycles. The van der Waals surface area contributed by atoms with Gasteiger partial charge in [0.1, 0.15) is 12.4 Å². The molecule has 1 N–H and O–H groups in total. The maximum absolute atomic E-state index is 13.6. The molecule has 0 aliphatic carbocycles. The minimum absolute atomic E-state index is 0.00580. The van der Waals surface area contributed by atoms with Crippen LogP contribution in [0.5, 0.6) is 5.75 Å². The molecular weight excluding hydrogens is 486 g/mol. The van der Waals surface area contributed by atoms with Crippen molar-refractivity contribution < 1.29 is 26.7 Å². The molecule has 3 aromatic rings. The van der Waals surface area contributed by atoms with Gasteiger partial charge in [-0.2, -0.15) is 0 Å². The lowest BCUT2D eigenvalue weighted by Gasteiger charge is -2.22. The Kier molecular flexibility index (Phi) is 8.35. The second kappa shape index (κ2) is 11.1. The van der Waals surface area contributed by atoms with Crippen LogP contribution in [0.3, 0.4) is 0 Å². The van der Waals surface area contributed by atoms with E-state index >= 15 is 0 Å². The molecule has 0 aliphatic heterocycles. The number of nitrogens with zero attached hydrogens (tertiary/aromatic N) is 1. The molecule has 0 aromatic heterocycles. The zero-order valence-electron chi connectivity index (χ0n) is 20.7. The minimum atomic E-state index is -3.77. The average Bonchev–Trinajstić information content (AvgIpc) is 2.81. The molecule has 6 nitrogen and oxygen atoms in total. The van der Waals surface area contributed by atoms with Crippen LogP contribution in [0.4, 0.5) is 14.5 Å². The molecule has 3 rings (SSSR count). The summed E-state index contributed by atoms with van der Waals surface area (Å²) in [6, 6.07) is 17.1. The Balaban J connectivity index is 1.55. The number of amides is 1. The van der Waals surface area contributed by atoms with Crippen LogP contribution in [0.2, 0.25) is 0 Å². The first kappa shape index (κ1) is 27.1. The van der Waals surface area contributed by atoms with Crippen molar-refractivity contribution in [2.24, 2.45) is 0 Å². The molecular formula is C27H30F2N2O4S. The van der Waals surface area contributed by atoms with E-state index in [1.165, 1.54) is 11.6 Å². The van der Waals surface area contributed by atoms with Gasteiger partial charge in [-0.05, 0) is 52.9 Å². The lowest BCUT2D eigenvalue weighted by Crippen LogP contribution is -2.30. The summed E-state index contributed by atoms with van der Waals surface area (Å²) in [5, 5.41) is 2.78. The second-order valence-corrected chi connectivity index (χ2v) is 11.4. The first-order chi connectivity index (χ1) is 16.8. The van der Waals surface area contributed by atoms with Crippen LogP contribution in [0.15, 0.2) is 66.7 Å². The molecule has 0 spiro atoms. The molecule has 0 radical (unpaired) electrons. The van der Waals surface area contributed by atoms with Gasteiger partial charge in [0.15, 0.2) is 11.6 Å². The predicted molar refractivity (Wildman–Crippen MR) is 137 cm³/mol. The SMILES string of the molecule is CC(C)(C)c1ccc(OCCNC(=O)c2ccc(CN(c3ccc(F)c(F)c3)S(C)(=O)=O)cc2)cc1. The third-order valence-corrected chi connectivity index (χ3v) is 6.65. The number of hydrogen-bond acceptors (Lipinski definition) is 4. The first-order valence-electron chi connectivity index (χ1n) is 11.4. The van der Waals surface area contributed by atoms with Gasteiger partial charge in [0.2, 0.25) is 10.0 Å². The summed E-state index contributed by atoms with van der Waals surface area (Å²) in [5.41, 5.74) is 2.24. The van der Waals surface area contributed by atoms with E-state index < -0.39 is 21.7 Å². The standard InChI is InChI=1S/C27H30F2N2O4S/c1-27(2,3)21-9-12-23(13-10-21)35-16-15-30-26(32)20-7-5-19(6-8-20)18-31(36(4,33)34)22-11-14-24(28)25(29)17-22/h5-14,17H,15-16,18H2,1-4H3,(H,30,32). The van der Waals surface area contributed by atoms with Crippen molar-refractivity contribution in [1.29, 1.82) is 0 Å². The molecule has 0 fully saturated rings. The number of halogens is 2. The normalized spacial score (nSPS) is 11.7. The summed E-state index contributed by atoms with van der Waals surface area (Å²) in [6.45, 7) is 6.92. The zero-order valence-corrected chi connectivity index (χ0v) is 21.5. The van der Waals surface area contributed by atoms with E-state index in [0.29, 0.717) is 24.3 Å². The largest absolute Gasteiger partial charge is 0.492 e. The second-order valence-electron chi connectivity index (χ2n) is 9.44. The van der Waals surface area contributed by atoms with Gasteiger partial charge in [0, 0.05) is 11.6 Å². The van der Waals surface area contributed by atoms with Crippen LogP contribution in [-0.2, 0) is 22.0 Å². The van der Waals surface area contributed by atoms with Gasteiger partial charge in [-0.25, -0.2) is 17.2 Å². The quantitative estimate of drug-likeness (QED) is 0.405. The number of sulfonamides is 1. The fourth-order valence-corrected chi connectivity index (χ4v) is 4.33. The first-order valence-corrected chi connectivity index (χ1v) is 13.2. The Hall–Kier alpha value is -3.46. The Morgan fingerprint density at radius 1 is 0.944 bits per heavy atom. The molecule has 0 atom stereocenters. The Morgan fingerprint density at radius 3 is 2.14 bits per heavy atom. The molecule has 0 unspecified atom stereocenters. The number of benzene rings is 3. The van der Waals surface area contributed by atoms with Crippen molar-refractivity contribution >= 4 is 21.6 Å². The highest BCUT2D eigenvalue weighted by atomic mass is 32.2. The summed E-state index contributed by atoms with van der Waals surface area (Å²) in [6.07, 6.45) is 0.983. The lowest BCUT2D eigenvalue weighted by atomic mass is 9.87. The van der Waals surface area contributed by atoms with Crippen LogP contribution >= 0.6 is 0 Å². The summed E-state index contributed by atoms with van der Waals surface area (Å²) < 4.78 is 58.1. The number of carbonyl (C=O) groups excluding carboxylic acids is 1. The van der Waals surface area contributed by atoms with Crippen LogP contribution in [0, 0.1) is 11.6 Å². The number of nitrogens with one attached hydrogen (secondary N) is 1. The topological polar surface area (TPSA) is 75.7 Å². The van der Waals surface area contributed by atoms with Crippen LogP contribution in [0.1, 0.15) is 42.3 Å². The van der Waals surface area contributed by atoms with Crippen LogP contribution in [-0.4, -0.2) is 33.7 Å². The van der Waals surface area contributed by atoms with Gasteiger partial charge in [-0.3, -0.25) is 9.10 Å². The Bertz CT molecular complexity index is 1300. The van der Waals surface area contributed by atoms with Gasteiger partial charge in [-0.15, -0.1) is 0 Å². The van der Waals surface area contributed by atoms with Crippen LogP contribution < -0.4 is 14.4 Å². The fraction of sp³-hybridized carbons (Fsp3) is 0.296. The van der Waals surface area contributed by atoms with E-state index in [4.69, 9.17) is 4.74 Å². The minimum Gasteiger partial charge on any atom is -0.492 e. The Labute approximate surface area is 211 Å². The van der Waals surface area contributed by atoms with Gasteiger partial charge >= 0.3 is 0 Å². The number of hydrogen-bond donors (Lipinski definition) is 1. The molecule has 0 heterocycles. The smallest absolute Gasteiger partial charge is 0.251 e. The molecule has 36 heavy (non-hydrogen) atoms. The summed E-state index contributed by atoms with van der Waals surface area (Å²) in [7, 11) is -3.77. The summed E-state index contributed by atoms with van der Waals surface area (Å²) >= 11 is 0. The average molecular weight is 517 g/mol. The molecule has 0 saturated carbocycles. The Morgan fingerprint density at radius 2 is 1.58 bits per heavy atom. The van der Waals surface area contributed by atoms with Crippen molar-refractivity contribution in [3.8, 4) is 5.75 Å². The van der Waals surface area contributed by atoms with E-state index in [0.717, 1.165) is 28.4 Å². The fourth-order valence-electron chi connectivity index (χ4n) is 3.45.